The molecule has 0 saturated carbocycles. The average Bonchev–Trinajstić information content (AvgIpc) is 3.37. The van der Waals surface area contributed by atoms with Crippen LogP contribution in [0.1, 0.15) is 52.6 Å². The van der Waals surface area contributed by atoms with Crippen LogP contribution < -0.4 is 11.1 Å². The van der Waals surface area contributed by atoms with E-state index < -0.39 is 12.0 Å². The lowest BCUT2D eigenvalue weighted by molar-refractivity contribution is -0.126. The Labute approximate surface area is 232 Å². The van der Waals surface area contributed by atoms with Gasteiger partial charge in [0.2, 0.25) is 5.91 Å². The fourth-order valence-corrected chi connectivity index (χ4v) is 5.90. The summed E-state index contributed by atoms with van der Waals surface area (Å²) >= 11 is 7.90. The fraction of sp³-hybridized carbons (Fsp3) is 0.481. The van der Waals surface area contributed by atoms with Crippen LogP contribution in [-0.2, 0) is 14.3 Å². The summed E-state index contributed by atoms with van der Waals surface area (Å²) in [7, 11) is 0. The molecular weight excluding hydrogens is 524 g/mol. The Morgan fingerprint density at radius 3 is 2.53 bits per heavy atom. The number of nitrogens with zero attached hydrogens (tertiary/aromatic N) is 4. The summed E-state index contributed by atoms with van der Waals surface area (Å²) in [6.07, 6.45) is 0.583. The molecule has 0 radical (unpaired) electrons. The van der Waals surface area contributed by atoms with Crippen LogP contribution in [0.4, 0.5) is 0 Å². The van der Waals surface area contributed by atoms with Crippen molar-refractivity contribution in [2.75, 3.05) is 39.5 Å². The molecule has 204 valence electrons. The Hall–Kier alpha value is -2.63. The number of aromatic nitrogens is 3. The molecule has 0 unspecified atom stereocenters. The third-order valence-corrected chi connectivity index (χ3v) is 8.09. The van der Waals surface area contributed by atoms with Gasteiger partial charge in [0.15, 0.2) is 5.82 Å². The highest BCUT2D eigenvalue weighted by Crippen LogP contribution is 2.41. The lowest BCUT2D eigenvalue weighted by Gasteiger charge is -2.22. The van der Waals surface area contributed by atoms with Crippen molar-refractivity contribution in [2.45, 2.75) is 40.2 Å². The molecule has 38 heavy (non-hydrogen) atoms. The van der Waals surface area contributed by atoms with Crippen LogP contribution in [0, 0.1) is 26.7 Å². The molecule has 0 aliphatic carbocycles. The van der Waals surface area contributed by atoms with Gasteiger partial charge in [-0.1, -0.05) is 30.7 Å². The van der Waals surface area contributed by atoms with Crippen molar-refractivity contribution < 1.29 is 14.3 Å². The molecule has 0 bridgehead atoms. The highest BCUT2D eigenvalue weighted by Gasteiger charge is 2.37. The maximum atomic E-state index is 13.4. The van der Waals surface area contributed by atoms with Crippen LogP contribution >= 0.6 is 22.9 Å². The van der Waals surface area contributed by atoms with Gasteiger partial charge < -0.3 is 20.5 Å². The van der Waals surface area contributed by atoms with E-state index in [1.165, 1.54) is 4.88 Å². The van der Waals surface area contributed by atoms with Gasteiger partial charge in [-0.15, -0.1) is 21.5 Å². The Balaban J connectivity index is 1.65. The van der Waals surface area contributed by atoms with Crippen molar-refractivity contribution in [3.8, 4) is 5.00 Å². The molecule has 2 aromatic heterocycles. The Morgan fingerprint density at radius 2 is 1.84 bits per heavy atom. The number of amides is 1. The summed E-state index contributed by atoms with van der Waals surface area (Å²) in [4.78, 5) is 19.9. The number of hydrogen-bond donors (Lipinski definition) is 2. The zero-order valence-corrected chi connectivity index (χ0v) is 23.9. The minimum Gasteiger partial charge on any atom is -0.378 e. The normalized spacial score (nSPS) is 15.4. The number of thiophene rings is 1. The minimum atomic E-state index is -0.517. The number of aryl methyl sites for hydroxylation is 2. The van der Waals surface area contributed by atoms with Gasteiger partial charge >= 0.3 is 0 Å². The first kappa shape index (κ1) is 28.4. The Morgan fingerprint density at radius 1 is 1.13 bits per heavy atom. The fourth-order valence-electron chi connectivity index (χ4n) is 4.56. The van der Waals surface area contributed by atoms with Crippen LogP contribution in [0.5, 0.6) is 0 Å². The second kappa shape index (κ2) is 12.9. The molecule has 1 amide bonds. The molecule has 11 heteroatoms. The molecule has 1 aliphatic rings. The summed E-state index contributed by atoms with van der Waals surface area (Å²) in [6.45, 7) is 10.9. The quantitative estimate of drug-likeness (QED) is 0.325. The van der Waals surface area contributed by atoms with Gasteiger partial charge in [-0.25, -0.2) is 0 Å². The van der Waals surface area contributed by atoms with E-state index in [0.717, 1.165) is 33.2 Å². The SMILES string of the molecule is CC[C@@H](C(=O)NCCOCCOCCN)[C@@H]1N=C(c2ccc(Cl)cc2)c2c(sc(C)c2C)-n2c(C)nnc21. The minimum absolute atomic E-state index is 0.0925. The molecule has 2 atom stereocenters. The standard InChI is InChI=1S/C27H35ClN6O3S/c1-5-21(26(35)30-11-13-37-15-14-36-12-10-29)24-25-33-32-18(4)34(25)27-22(16(2)17(3)38-27)23(31-24)19-6-8-20(28)9-7-19/h6-9,21,24H,5,10-15,29H2,1-4H3,(H,30,35)/t21-,24+/m1/s1. The molecule has 3 N–H and O–H groups in total. The molecule has 0 saturated heterocycles. The monoisotopic (exact) mass is 558 g/mol. The topological polar surface area (TPSA) is 117 Å². The van der Waals surface area contributed by atoms with E-state index in [4.69, 9.17) is 31.8 Å². The molecule has 9 nitrogen and oxygen atoms in total. The van der Waals surface area contributed by atoms with Crippen LogP contribution in [0.2, 0.25) is 5.02 Å². The third kappa shape index (κ3) is 6.00. The van der Waals surface area contributed by atoms with Crippen molar-refractivity contribution >= 4 is 34.6 Å². The molecule has 1 aromatic carbocycles. The number of carbonyl (C=O) groups excluding carboxylic acids is 1. The summed E-state index contributed by atoms with van der Waals surface area (Å²) in [5.74, 6) is 0.901. The highest BCUT2D eigenvalue weighted by atomic mass is 35.5. The lowest BCUT2D eigenvalue weighted by atomic mass is 9.94. The predicted octanol–water partition coefficient (Wildman–Crippen LogP) is 3.93. The number of rotatable bonds is 12. The molecule has 1 aliphatic heterocycles. The number of carbonyl (C=O) groups is 1. The first-order valence-corrected chi connectivity index (χ1v) is 14.1. The number of benzene rings is 1. The number of nitrogens with one attached hydrogen (secondary N) is 1. The van der Waals surface area contributed by atoms with Gasteiger partial charge in [-0.3, -0.25) is 14.4 Å². The predicted molar refractivity (Wildman–Crippen MR) is 151 cm³/mol. The molecule has 3 heterocycles. The first-order valence-electron chi connectivity index (χ1n) is 12.9. The van der Waals surface area contributed by atoms with Crippen molar-refractivity contribution in [1.82, 2.24) is 20.1 Å². The van der Waals surface area contributed by atoms with Crippen molar-refractivity contribution in [3.63, 3.8) is 0 Å². The average molecular weight is 559 g/mol. The van der Waals surface area contributed by atoms with E-state index in [0.29, 0.717) is 56.8 Å². The molecule has 3 aromatic rings. The van der Waals surface area contributed by atoms with Crippen molar-refractivity contribution in [1.29, 1.82) is 0 Å². The molecule has 4 rings (SSSR count). The van der Waals surface area contributed by atoms with E-state index in [2.05, 4.69) is 33.9 Å². The Kier molecular flexibility index (Phi) is 9.67. The second-order valence-corrected chi connectivity index (χ2v) is 10.8. The van der Waals surface area contributed by atoms with Crippen molar-refractivity contribution in [2.24, 2.45) is 16.6 Å². The van der Waals surface area contributed by atoms with Crippen LogP contribution in [0.15, 0.2) is 29.3 Å². The van der Waals surface area contributed by atoms with Crippen molar-refractivity contribution in [3.05, 3.63) is 62.5 Å². The molecule has 0 fully saturated rings. The zero-order valence-electron chi connectivity index (χ0n) is 22.3. The lowest BCUT2D eigenvalue weighted by Crippen LogP contribution is -2.36. The molecule has 0 spiro atoms. The Bertz CT molecular complexity index is 1290. The number of aliphatic imine (C=N–C) groups is 1. The van der Waals surface area contributed by atoms with Crippen LogP contribution in [0.25, 0.3) is 5.00 Å². The summed E-state index contributed by atoms with van der Waals surface area (Å²) < 4.78 is 12.9. The number of fused-ring (bicyclic) bond motifs is 3. The molecular formula is C27H35ClN6O3S. The van der Waals surface area contributed by atoms with E-state index in [1.807, 2.05) is 38.1 Å². The van der Waals surface area contributed by atoms with Gasteiger partial charge in [0.1, 0.15) is 16.9 Å². The van der Waals surface area contributed by atoms with Gasteiger partial charge in [0.25, 0.3) is 0 Å². The van der Waals surface area contributed by atoms with Gasteiger partial charge in [-0.2, -0.15) is 0 Å². The summed E-state index contributed by atoms with van der Waals surface area (Å²) in [6, 6.07) is 7.16. The van der Waals surface area contributed by atoms with E-state index in [-0.39, 0.29) is 5.91 Å². The van der Waals surface area contributed by atoms with Gasteiger partial charge in [0.05, 0.1) is 38.1 Å². The summed E-state index contributed by atoms with van der Waals surface area (Å²) in [5.41, 5.74) is 9.39. The van der Waals surface area contributed by atoms with Gasteiger partial charge in [0, 0.05) is 34.1 Å². The largest absolute Gasteiger partial charge is 0.378 e. The van der Waals surface area contributed by atoms with E-state index in [9.17, 15) is 4.79 Å². The van der Waals surface area contributed by atoms with E-state index >= 15 is 0 Å². The smallest absolute Gasteiger partial charge is 0.225 e. The number of ether oxygens (including phenoxy) is 2. The van der Waals surface area contributed by atoms with E-state index in [1.54, 1.807) is 11.3 Å². The number of nitrogens with two attached hydrogens (primary N) is 1. The first-order chi connectivity index (χ1) is 18.4. The maximum Gasteiger partial charge on any atom is 0.225 e. The number of halogens is 1. The van der Waals surface area contributed by atoms with Crippen LogP contribution in [-0.4, -0.2) is 65.9 Å². The zero-order chi connectivity index (χ0) is 27.2. The van der Waals surface area contributed by atoms with Crippen LogP contribution in [0.3, 0.4) is 0 Å². The second-order valence-electron chi connectivity index (χ2n) is 9.15. The highest BCUT2D eigenvalue weighted by molar-refractivity contribution is 7.15. The maximum absolute atomic E-state index is 13.4. The third-order valence-electron chi connectivity index (χ3n) is 6.64. The number of hydrogen-bond acceptors (Lipinski definition) is 8. The summed E-state index contributed by atoms with van der Waals surface area (Å²) in [5, 5.41) is 13.6. The van der Waals surface area contributed by atoms with Gasteiger partial charge in [-0.05, 0) is 44.9 Å².